The maximum atomic E-state index is 13.7. The summed E-state index contributed by atoms with van der Waals surface area (Å²) in [4.78, 5) is 27.9. The van der Waals surface area contributed by atoms with E-state index in [0.717, 1.165) is 11.3 Å². The summed E-state index contributed by atoms with van der Waals surface area (Å²) in [7, 11) is 0. The summed E-state index contributed by atoms with van der Waals surface area (Å²) in [5.74, 6) is 1.45. The molecule has 0 bridgehead atoms. The van der Waals surface area contributed by atoms with Crippen molar-refractivity contribution in [1.82, 2.24) is 15.0 Å². The maximum Gasteiger partial charge on any atom is 0.257 e. The molecule has 1 atom stereocenters. The number of aryl methyl sites for hydroxylation is 1. The molecule has 27 heavy (non-hydrogen) atoms. The Bertz CT molecular complexity index is 860. The Morgan fingerprint density at radius 3 is 2.96 bits per heavy atom. The first-order valence-electron chi connectivity index (χ1n) is 9.20. The normalized spacial score (nSPS) is 19.5. The molecule has 0 aromatic carbocycles. The van der Waals surface area contributed by atoms with Gasteiger partial charge in [-0.05, 0) is 37.5 Å². The van der Waals surface area contributed by atoms with E-state index in [4.69, 9.17) is 9.72 Å². The highest BCUT2D eigenvalue weighted by atomic mass is 19.1. The third-order valence-electron chi connectivity index (χ3n) is 4.89. The van der Waals surface area contributed by atoms with Crippen LogP contribution in [0.4, 0.5) is 16.0 Å². The van der Waals surface area contributed by atoms with Gasteiger partial charge >= 0.3 is 0 Å². The summed E-state index contributed by atoms with van der Waals surface area (Å²) >= 11 is 0. The zero-order valence-corrected chi connectivity index (χ0v) is 15.2. The largest absolute Gasteiger partial charge is 0.381 e. The lowest BCUT2D eigenvalue weighted by Gasteiger charge is -2.20. The summed E-state index contributed by atoms with van der Waals surface area (Å²) in [6.07, 6.45) is 2.51. The summed E-state index contributed by atoms with van der Waals surface area (Å²) in [5.41, 5.74) is 2.31. The maximum absolute atomic E-state index is 13.7. The zero-order chi connectivity index (χ0) is 18.8. The number of rotatable bonds is 3. The smallest absolute Gasteiger partial charge is 0.257 e. The number of anilines is 2. The predicted octanol–water partition coefficient (Wildman–Crippen LogP) is 2.10. The minimum Gasteiger partial charge on any atom is -0.381 e. The average molecular weight is 371 g/mol. The van der Waals surface area contributed by atoms with Gasteiger partial charge in [-0.3, -0.25) is 4.79 Å². The highest BCUT2D eigenvalue weighted by Crippen LogP contribution is 2.27. The van der Waals surface area contributed by atoms with Gasteiger partial charge in [0.2, 0.25) is 0 Å². The lowest BCUT2D eigenvalue weighted by molar-refractivity contribution is 0.102. The second kappa shape index (κ2) is 7.56. The van der Waals surface area contributed by atoms with Crippen molar-refractivity contribution in [3.05, 3.63) is 41.0 Å². The number of amides is 1. The summed E-state index contributed by atoms with van der Waals surface area (Å²) in [6, 6.07) is 3.43. The summed E-state index contributed by atoms with van der Waals surface area (Å²) < 4.78 is 19.2. The number of aromatic nitrogens is 3. The third kappa shape index (κ3) is 3.90. The van der Waals surface area contributed by atoms with Crippen molar-refractivity contribution >= 4 is 17.5 Å². The molecule has 0 unspecified atom stereocenters. The van der Waals surface area contributed by atoms with Crippen molar-refractivity contribution in [2.75, 3.05) is 36.5 Å². The van der Waals surface area contributed by atoms with Crippen LogP contribution in [0.5, 0.6) is 0 Å². The Balaban J connectivity index is 1.69. The molecular formula is C19H22FN5O2. The van der Waals surface area contributed by atoms with Crippen LogP contribution in [0.2, 0.25) is 0 Å². The van der Waals surface area contributed by atoms with Gasteiger partial charge in [0.25, 0.3) is 5.91 Å². The van der Waals surface area contributed by atoms with E-state index in [9.17, 15) is 9.18 Å². The van der Waals surface area contributed by atoms with Crippen molar-refractivity contribution in [2.24, 2.45) is 0 Å². The van der Waals surface area contributed by atoms with E-state index in [1.165, 1.54) is 0 Å². The predicted molar refractivity (Wildman–Crippen MR) is 98.9 cm³/mol. The Morgan fingerprint density at radius 2 is 2.19 bits per heavy atom. The van der Waals surface area contributed by atoms with Crippen LogP contribution in [0.15, 0.2) is 18.3 Å². The number of carbonyl (C=O) groups excluding carboxylic acids is 1. The molecule has 1 fully saturated rings. The zero-order valence-electron chi connectivity index (χ0n) is 15.2. The number of fused-ring (bicyclic) bond motifs is 1. The summed E-state index contributed by atoms with van der Waals surface area (Å²) in [5, 5.41) is 2.84. The van der Waals surface area contributed by atoms with Crippen LogP contribution >= 0.6 is 0 Å². The molecule has 1 saturated heterocycles. The quantitative estimate of drug-likeness (QED) is 0.890. The Labute approximate surface area is 157 Å². The van der Waals surface area contributed by atoms with E-state index < -0.39 is 6.17 Å². The van der Waals surface area contributed by atoms with Crippen LogP contribution in [0.1, 0.15) is 33.9 Å². The second-order valence-electron chi connectivity index (χ2n) is 6.84. The van der Waals surface area contributed by atoms with Crippen LogP contribution in [0, 0.1) is 6.92 Å². The number of nitrogens with one attached hydrogen (secondary N) is 1. The van der Waals surface area contributed by atoms with Crippen molar-refractivity contribution in [3.8, 4) is 0 Å². The van der Waals surface area contributed by atoms with Gasteiger partial charge in [-0.15, -0.1) is 0 Å². The molecule has 0 radical (unpaired) electrons. The molecule has 0 aliphatic carbocycles. The summed E-state index contributed by atoms with van der Waals surface area (Å²) in [6.45, 7) is 3.81. The number of hydrogen-bond donors (Lipinski definition) is 1. The fourth-order valence-corrected chi connectivity index (χ4v) is 3.54. The molecule has 0 spiro atoms. The third-order valence-corrected chi connectivity index (χ3v) is 4.89. The van der Waals surface area contributed by atoms with E-state index in [0.29, 0.717) is 68.6 Å². The molecule has 2 aliphatic heterocycles. The monoisotopic (exact) mass is 371 g/mol. The topological polar surface area (TPSA) is 80.2 Å². The van der Waals surface area contributed by atoms with Gasteiger partial charge in [-0.2, -0.15) is 0 Å². The number of carbonyl (C=O) groups is 1. The van der Waals surface area contributed by atoms with Crippen LogP contribution in [-0.2, 0) is 17.6 Å². The molecule has 1 N–H and O–H groups in total. The Hall–Kier alpha value is -2.61. The van der Waals surface area contributed by atoms with Gasteiger partial charge in [0, 0.05) is 30.4 Å². The Kier molecular flexibility index (Phi) is 4.98. The lowest BCUT2D eigenvalue weighted by atomic mass is 10.0. The highest BCUT2D eigenvalue weighted by molar-refractivity contribution is 6.05. The minimum atomic E-state index is -0.852. The van der Waals surface area contributed by atoms with Gasteiger partial charge < -0.3 is 15.0 Å². The molecular weight excluding hydrogens is 349 g/mol. The van der Waals surface area contributed by atoms with Crippen LogP contribution in [0.25, 0.3) is 0 Å². The lowest BCUT2D eigenvalue weighted by Crippen LogP contribution is -2.24. The van der Waals surface area contributed by atoms with Gasteiger partial charge in [0.1, 0.15) is 23.6 Å². The first-order valence-corrected chi connectivity index (χ1v) is 9.20. The fourth-order valence-electron chi connectivity index (χ4n) is 3.54. The molecule has 0 saturated carbocycles. The van der Waals surface area contributed by atoms with Gasteiger partial charge in [-0.25, -0.2) is 19.3 Å². The van der Waals surface area contributed by atoms with E-state index in [1.807, 2.05) is 4.90 Å². The van der Waals surface area contributed by atoms with Crippen molar-refractivity contribution in [3.63, 3.8) is 0 Å². The molecule has 2 aromatic heterocycles. The molecule has 8 heteroatoms. The first-order chi connectivity index (χ1) is 13.1. The van der Waals surface area contributed by atoms with E-state index in [2.05, 4.69) is 15.3 Å². The SMILES string of the molecule is Cc1nccc(NC(=O)c2cc(N3CC[C@H](F)C3)nc3c2CCOCC3)n1. The van der Waals surface area contributed by atoms with Crippen LogP contribution in [-0.4, -0.2) is 53.3 Å². The molecule has 2 aliphatic rings. The average Bonchev–Trinajstić information content (AvgIpc) is 2.94. The van der Waals surface area contributed by atoms with Gasteiger partial charge in [0.05, 0.1) is 19.8 Å². The van der Waals surface area contributed by atoms with Crippen molar-refractivity contribution in [2.45, 2.75) is 32.4 Å². The number of pyridine rings is 1. The molecule has 142 valence electrons. The van der Waals surface area contributed by atoms with Crippen molar-refractivity contribution < 1.29 is 13.9 Å². The van der Waals surface area contributed by atoms with Gasteiger partial charge in [0.15, 0.2) is 0 Å². The van der Waals surface area contributed by atoms with Crippen molar-refractivity contribution in [1.29, 1.82) is 0 Å². The molecule has 4 heterocycles. The minimum absolute atomic E-state index is 0.245. The van der Waals surface area contributed by atoms with Crippen LogP contribution < -0.4 is 10.2 Å². The van der Waals surface area contributed by atoms with E-state index >= 15 is 0 Å². The standard InChI is InChI=1S/C19H22FN5O2/c1-12-21-6-2-17(22-12)24-19(26)15-10-18(25-7-3-13(20)11-25)23-16-5-9-27-8-4-14(15)16/h2,6,10,13H,3-5,7-9,11H2,1H3,(H,21,22,24,26)/t13-/m0/s1. The first kappa shape index (κ1) is 17.8. The molecule has 7 nitrogen and oxygen atoms in total. The molecule has 1 amide bonds. The Morgan fingerprint density at radius 1 is 1.33 bits per heavy atom. The van der Waals surface area contributed by atoms with Gasteiger partial charge in [-0.1, -0.05) is 0 Å². The number of halogens is 1. The number of nitrogens with zero attached hydrogens (tertiary/aromatic N) is 4. The number of hydrogen-bond acceptors (Lipinski definition) is 6. The van der Waals surface area contributed by atoms with Crippen LogP contribution in [0.3, 0.4) is 0 Å². The molecule has 2 aromatic rings. The number of ether oxygens (including phenoxy) is 1. The fraction of sp³-hybridized carbons (Fsp3) is 0.474. The molecule has 4 rings (SSSR count). The highest BCUT2D eigenvalue weighted by Gasteiger charge is 2.26. The second-order valence-corrected chi connectivity index (χ2v) is 6.84. The number of alkyl halides is 1. The van der Waals surface area contributed by atoms with E-state index in [-0.39, 0.29) is 5.91 Å². The van der Waals surface area contributed by atoms with E-state index in [1.54, 1.807) is 25.3 Å².